The van der Waals surface area contributed by atoms with Crippen LogP contribution in [0.3, 0.4) is 0 Å². The first-order valence-electron chi connectivity index (χ1n) is 6.62. The minimum Gasteiger partial charge on any atom is -0.482 e. The van der Waals surface area contributed by atoms with Crippen LogP contribution in [0.1, 0.15) is 12.8 Å². The van der Waals surface area contributed by atoms with Gasteiger partial charge in [-0.2, -0.15) is 0 Å². The molecule has 1 aliphatic heterocycles. The number of piperidine rings is 1. The van der Waals surface area contributed by atoms with E-state index in [4.69, 9.17) is 22.1 Å². The number of rotatable bonds is 4. The van der Waals surface area contributed by atoms with Crippen molar-refractivity contribution in [2.24, 2.45) is 11.7 Å². The van der Waals surface area contributed by atoms with Gasteiger partial charge in [0, 0.05) is 17.6 Å². The Morgan fingerprint density at radius 2 is 2.24 bits per heavy atom. The highest BCUT2D eigenvalue weighted by Gasteiger charge is 2.27. The number of ether oxygens (including phenoxy) is 1. The number of likely N-dealkylation sites (tertiary alicyclic amines) is 1. The molecule has 21 heavy (non-hydrogen) atoms. The molecule has 7 heteroatoms. The molecule has 0 radical (unpaired) electrons. The van der Waals surface area contributed by atoms with E-state index < -0.39 is 0 Å². The molecule has 1 aromatic carbocycles. The Bertz CT molecular complexity index is 553. The summed E-state index contributed by atoms with van der Waals surface area (Å²) in [6.07, 6.45) is 1.51. The molecule has 5 nitrogen and oxygen atoms in total. The topological polar surface area (TPSA) is 72.6 Å². The number of benzene rings is 1. The molecule has 1 heterocycles. The Morgan fingerprint density at radius 1 is 1.48 bits per heavy atom. The quantitative estimate of drug-likeness (QED) is 0.877. The van der Waals surface area contributed by atoms with Crippen LogP contribution < -0.4 is 10.5 Å². The van der Waals surface area contributed by atoms with E-state index in [9.17, 15) is 9.59 Å². The Labute approximate surface area is 136 Å². The van der Waals surface area contributed by atoms with E-state index >= 15 is 0 Å². The fourth-order valence-corrected chi connectivity index (χ4v) is 2.99. The van der Waals surface area contributed by atoms with E-state index in [1.807, 2.05) is 0 Å². The van der Waals surface area contributed by atoms with E-state index in [1.165, 1.54) is 0 Å². The summed E-state index contributed by atoms with van der Waals surface area (Å²) in [5.74, 6) is -0.333. The van der Waals surface area contributed by atoms with Gasteiger partial charge in [0.25, 0.3) is 5.91 Å². The summed E-state index contributed by atoms with van der Waals surface area (Å²) in [6, 6.07) is 5.18. The monoisotopic (exact) mass is 374 g/mol. The van der Waals surface area contributed by atoms with Gasteiger partial charge in [0.1, 0.15) is 5.75 Å². The van der Waals surface area contributed by atoms with Crippen molar-refractivity contribution >= 4 is 39.3 Å². The molecule has 1 saturated heterocycles. The van der Waals surface area contributed by atoms with Gasteiger partial charge < -0.3 is 15.4 Å². The highest BCUT2D eigenvalue weighted by atomic mass is 79.9. The van der Waals surface area contributed by atoms with Gasteiger partial charge in [-0.1, -0.05) is 27.5 Å². The third-order valence-electron chi connectivity index (χ3n) is 3.42. The molecule has 1 aromatic rings. The standard InChI is InChI=1S/C14H16BrClN2O3/c15-10-3-4-12(11(16)6-10)21-8-13(19)18-5-1-2-9(7-18)14(17)20/h3-4,6,9H,1-2,5,7-8H2,(H2,17,20). The molecule has 0 aliphatic carbocycles. The van der Waals surface area contributed by atoms with Crippen molar-refractivity contribution in [3.8, 4) is 5.75 Å². The van der Waals surface area contributed by atoms with Gasteiger partial charge in [0.05, 0.1) is 10.9 Å². The van der Waals surface area contributed by atoms with Crippen LogP contribution in [0.5, 0.6) is 5.75 Å². The predicted molar refractivity (Wildman–Crippen MR) is 83.1 cm³/mol. The van der Waals surface area contributed by atoms with Crippen LogP contribution in [-0.2, 0) is 9.59 Å². The van der Waals surface area contributed by atoms with Crippen molar-refractivity contribution < 1.29 is 14.3 Å². The van der Waals surface area contributed by atoms with Crippen molar-refractivity contribution in [2.45, 2.75) is 12.8 Å². The number of amides is 2. The smallest absolute Gasteiger partial charge is 0.260 e. The van der Waals surface area contributed by atoms with E-state index in [0.29, 0.717) is 23.9 Å². The zero-order valence-corrected chi connectivity index (χ0v) is 13.7. The van der Waals surface area contributed by atoms with Crippen LogP contribution in [0, 0.1) is 5.92 Å². The first kappa shape index (κ1) is 16.1. The maximum absolute atomic E-state index is 12.1. The molecule has 1 fully saturated rings. The van der Waals surface area contributed by atoms with Gasteiger partial charge in [-0.15, -0.1) is 0 Å². The Hall–Kier alpha value is -1.27. The summed E-state index contributed by atoms with van der Waals surface area (Å²) in [6.45, 7) is 0.887. The first-order valence-corrected chi connectivity index (χ1v) is 7.79. The normalized spacial score (nSPS) is 18.4. The molecule has 2 rings (SSSR count). The first-order chi connectivity index (χ1) is 9.97. The summed E-state index contributed by atoms with van der Waals surface area (Å²) >= 11 is 9.32. The molecule has 2 amide bonds. The maximum atomic E-state index is 12.1. The van der Waals surface area contributed by atoms with Crippen molar-refractivity contribution in [3.05, 3.63) is 27.7 Å². The lowest BCUT2D eigenvalue weighted by Crippen LogP contribution is -2.45. The van der Waals surface area contributed by atoms with Crippen molar-refractivity contribution in [2.75, 3.05) is 19.7 Å². The summed E-state index contributed by atoms with van der Waals surface area (Å²) in [5, 5.41) is 0.436. The molecule has 1 atom stereocenters. The van der Waals surface area contributed by atoms with Gasteiger partial charge in [0.2, 0.25) is 5.91 Å². The minimum atomic E-state index is -0.357. The Balaban J connectivity index is 1.90. The van der Waals surface area contributed by atoms with Gasteiger partial charge in [-0.05, 0) is 31.0 Å². The largest absolute Gasteiger partial charge is 0.482 e. The molecule has 0 aromatic heterocycles. The number of carbonyl (C=O) groups excluding carboxylic acids is 2. The second-order valence-electron chi connectivity index (χ2n) is 4.94. The number of hydrogen-bond donors (Lipinski definition) is 1. The fourth-order valence-electron chi connectivity index (χ4n) is 2.26. The van der Waals surface area contributed by atoms with Crippen molar-refractivity contribution in [1.29, 1.82) is 0 Å². The van der Waals surface area contributed by atoms with Gasteiger partial charge in [-0.3, -0.25) is 9.59 Å². The zero-order valence-electron chi connectivity index (χ0n) is 11.4. The van der Waals surface area contributed by atoms with Crippen LogP contribution in [-0.4, -0.2) is 36.4 Å². The molecule has 0 saturated carbocycles. The van der Waals surface area contributed by atoms with Crippen molar-refractivity contribution in [3.63, 3.8) is 0 Å². The van der Waals surface area contributed by atoms with Crippen LogP contribution in [0.15, 0.2) is 22.7 Å². The summed E-state index contributed by atoms with van der Waals surface area (Å²) < 4.78 is 6.28. The molecular weight excluding hydrogens is 360 g/mol. The lowest BCUT2D eigenvalue weighted by Gasteiger charge is -2.31. The molecule has 0 spiro atoms. The number of nitrogens with two attached hydrogens (primary N) is 1. The molecule has 2 N–H and O–H groups in total. The van der Waals surface area contributed by atoms with E-state index in [2.05, 4.69) is 15.9 Å². The molecule has 1 aliphatic rings. The second kappa shape index (κ2) is 7.13. The summed E-state index contributed by atoms with van der Waals surface area (Å²) in [7, 11) is 0. The molecule has 0 bridgehead atoms. The number of nitrogens with zero attached hydrogens (tertiary/aromatic N) is 1. The van der Waals surface area contributed by atoms with Crippen molar-refractivity contribution in [1.82, 2.24) is 4.90 Å². The highest BCUT2D eigenvalue weighted by molar-refractivity contribution is 9.10. The van der Waals surface area contributed by atoms with Crippen LogP contribution >= 0.6 is 27.5 Å². The predicted octanol–water partition coefficient (Wildman–Crippen LogP) is 2.21. The van der Waals surface area contributed by atoms with Gasteiger partial charge in [-0.25, -0.2) is 0 Å². The number of hydrogen-bond acceptors (Lipinski definition) is 3. The Kier molecular flexibility index (Phi) is 5.47. The third kappa shape index (κ3) is 4.35. The number of halogens is 2. The summed E-state index contributed by atoms with van der Waals surface area (Å²) in [5.41, 5.74) is 5.30. The van der Waals surface area contributed by atoms with Gasteiger partial charge in [0.15, 0.2) is 6.61 Å². The fraction of sp³-hybridized carbons (Fsp3) is 0.429. The van der Waals surface area contributed by atoms with Crippen LogP contribution in [0.2, 0.25) is 5.02 Å². The minimum absolute atomic E-state index is 0.104. The van der Waals surface area contributed by atoms with E-state index in [0.717, 1.165) is 17.3 Å². The third-order valence-corrected chi connectivity index (χ3v) is 4.21. The molecular formula is C14H16BrClN2O3. The lowest BCUT2D eigenvalue weighted by atomic mass is 9.97. The average molecular weight is 376 g/mol. The number of carbonyl (C=O) groups is 2. The highest BCUT2D eigenvalue weighted by Crippen LogP contribution is 2.27. The summed E-state index contributed by atoms with van der Waals surface area (Å²) in [4.78, 5) is 24.9. The van der Waals surface area contributed by atoms with Gasteiger partial charge >= 0.3 is 0 Å². The second-order valence-corrected chi connectivity index (χ2v) is 6.27. The number of primary amides is 1. The van der Waals surface area contributed by atoms with E-state index in [1.54, 1.807) is 23.1 Å². The molecule has 1 unspecified atom stereocenters. The lowest BCUT2D eigenvalue weighted by molar-refractivity contribution is -0.136. The zero-order chi connectivity index (χ0) is 15.4. The van der Waals surface area contributed by atoms with Crippen LogP contribution in [0.4, 0.5) is 0 Å². The average Bonchev–Trinajstić information content (AvgIpc) is 2.46. The van der Waals surface area contributed by atoms with E-state index in [-0.39, 0.29) is 24.3 Å². The molecule has 114 valence electrons. The SMILES string of the molecule is NC(=O)C1CCCN(C(=O)COc2ccc(Br)cc2Cl)C1. The Morgan fingerprint density at radius 3 is 2.90 bits per heavy atom. The van der Waals surface area contributed by atoms with Crippen LogP contribution in [0.25, 0.3) is 0 Å². The maximum Gasteiger partial charge on any atom is 0.260 e.